The minimum Gasteiger partial charge on any atom is -0.497 e. The zero-order chi connectivity index (χ0) is 16.6. The Morgan fingerprint density at radius 3 is 2.54 bits per heavy atom. The van der Waals surface area contributed by atoms with Gasteiger partial charge in [-0.1, -0.05) is 37.5 Å². The Bertz CT molecular complexity index is 693. The van der Waals surface area contributed by atoms with Crippen LogP contribution in [0.2, 0.25) is 0 Å². The van der Waals surface area contributed by atoms with Crippen molar-refractivity contribution >= 4 is 0 Å². The maximum Gasteiger partial charge on any atom is 0.118 e. The summed E-state index contributed by atoms with van der Waals surface area (Å²) in [6.45, 7) is 0.957. The molecule has 0 unspecified atom stereocenters. The highest BCUT2D eigenvalue weighted by Crippen LogP contribution is 2.49. The van der Waals surface area contributed by atoms with Gasteiger partial charge in [0.15, 0.2) is 0 Å². The number of methoxy groups -OCH3 is 1. The largest absolute Gasteiger partial charge is 0.497 e. The molecule has 2 aliphatic heterocycles. The van der Waals surface area contributed by atoms with Crippen LogP contribution < -0.4 is 4.74 Å². The molecule has 126 valence electrons. The maximum atomic E-state index is 5.29. The summed E-state index contributed by atoms with van der Waals surface area (Å²) in [5.41, 5.74) is 4.41. The molecular weight excluding hydrogens is 296 g/mol. The highest BCUT2D eigenvalue weighted by Gasteiger charge is 2.46. The van der Waals surface area contributed by atoms with Gasteiger partial charge in [-0.3, -0.25) is 0 Å². The molecule has 2 heterocycles. The first-order valence-corrected chi connectivity index (χ1v) is 8.97. The van der Waals surface area contributed by atoms with E-state index in [0.717, 1.165) is 12.3 Å². The zero-order valence-electron chi connectivity index (χ0n) is 14.7. The van der Waals surface area contributed by atoms with Crippen molar-refractivity contribution in [2.24, 2.45) is 0 Å². The van der Waals surface area contributed by atoms with Gasteiger partial charge in [0.25, 0.3) is 0 Å². The summed E-state index contributed by atoms with van der Waals surface area (Å²) in [5, 5.41) is 0. The first-order valence-electron chi connectivity index (χ1n) is 8.97. The Balaban J connectivity index is 1.66. The van der Waals surface area contributed by atoms with Crippen molar-refractivity contribution in [2.45, 2.75) is 44.2 Å². The number of fused-ring (bicyclic) bond motifs is 2. The predicted molar refractivity (Wildman–Crippen MR) is 97.4 cm³/mol. The van der Waals surface area contributed by atoms with Gasteiger partial charge in [0, 0.05) is 31.6 Å². The molecule has 1 fully saturated rings. The summed E-state index contributed by atoms with van der Waals surface area (Å²) in [4.78, 5) is 4.86. The number of rotatable bonds is 3. The summed E-state index contributed by atoms with van der Waals surface area (Å²) < 4.78 is 5.29. The number of likely N-dealkylation sites (N-methyl/N-ethyl adjacent to an activating group) is 1. The van der Waals surface area contributed by atoms with Crippen LogP contribution in [0.4, 0.5) is 0 Å². The van der Waals surface area contributed by atoms with E-state index in [9.17, 15) is 0 Å². The Labute approximate surface area is 144 Å². The Morgan fingerprint density at radius 1 is 1.08 bits per heavy atom. The van der Waals surface area contributed by atoms with E-state index in [4.69, 9.17) is 4.74 Å². The van der Waals surface area contributed by atoms with Crippen LogP contribution in [0.25, 0.3) is 0 Å². The van der Waals surface area contributed by atoms with E-state index in [1.54, 1.807) is 7.11 Å². The molecule has 3 nitrogen and oxygen atoms in total. The number of hydrogen-bond acceptors (Lipinski definition) is 3. The van der Waals surface area contributed by atoms with Crippen molar-refractivity contribution in [1.29, 1.82) is 0 Å². The molecular formula is C21H26N2O. The van der Waals surface area contributed by atoms with Gasteiger partial charge >= 0.3 is 0 Å². The predicted octanol–water partition coefficient (Wildman–Crippen LogP) is 4.44. The standard InChI is InChI=1S/C21H26N2O/c1-22-14-6-7-19-20(22)16-23(21(19)12-4-3-5-13-21)15-17-8-10-18(24-2)11-9-17/h6-11,14,16H,3-5,12-13,15H2,1-2H3. The molecule has 1 aliphatic carbocycles. The first-order chi connectivity index (χ1) is 11.7. The smallest absolute Gasteiger partial charge is 0.118 e. The van der Waals surface area contributed by atoms with Crippen LogP contribution in [0.5, 0.6) is 5.75 Å². The molecule has 1 spiro atoms. The highest BCUT2D eigenvalue weighted by atomic mass is 16.5. The molecule has 24 heavy (non-hydrogen) atoms. The van der Waals surface area contributed by atoms with E-state index in [1.165, 1.54) is 48.9 Å². The molecule has 0 atom stereocenters. The van der Waals surface area contributed by atoms with Gasteiger partial charge in [-0.2, -0.15) is 0 Å². The van der Waals surface area contributed by atoms with Crippen molar-refractivity contribution in [1.82, 2.24) is 9.80 Å². The molecule has 0 aromatic heterocycles. The van der Waals surface area contributed by atoms with Crippen molar-refractivity contribution < 1.29 is 4.74 Å². The van der Waals surface area contributed by atoms with Gasteiger partial charge in [0.05, 0.1) is 18.3 Å². The second-order valence-corrected chi connectivity index (χ2v) is 7.12. The topological polar surface area (TPSA) is 15.7 Å². The number of allylic oxidation sites excluding steroid dienone is 2. The highest BCUT2D eigenvalue weighted by molar-refractivity contribution is 5.50. The fourth-order valence-electron chi connectivity index (χ4n) is 4.42. The van der Waals surface area contributed by atoms with Crippen molar-refractivity contribution in [2.75, 3.05) is 14.2 Å². The molecule has 0 radical (unpaired) electrons. The van der Waals surface area contributed by atoms with Crippen LogP contribution in [-0.2, 0) is 6.54 Å². The maximum absolute atomic E-state index is 5.29. The summed E-state index contributed by atoms with van der Waals surface area (Å²) in [6, 6.07) is 8.50. The molecule has 3 aliphatic rings. The monoisotopic (exact) mass is 322 g/mol. The Hall–Kier alpha value is -2.16. The SMILES string of the molecule is COc1ccc(CN2C=C3C(=CC=CN3C)C23CCCCC3)cc1. The fraction of sp³-hybridized carbons (Fsp3) is 0.429. The van der Waals surface area contributed by atoms with E-state index < -0.39 is 0 Å². The Morgan fingerprint density at radius 2 is 1.83 bits per heavy atom. The molecule has 1 saturated carbocycles. The van der Waals surface area contributed by atoms with Gasteiger partial charge in [0.1, 0.15) is 5.75 Å². The van der Waals surface area contributed by atoms with E-state index >= 15 is 0 Å². The van der Waals surface area contributed by atoms with E-state index in [0.29, 0.717) is 0 Å². The van der Waals surface area contributed by atoms with Crippen molar-refractivity contribution in [3.63, 3.8) is 0 Å². The van der Waals surface area contributed by atoms with Crippen LogP contribution in [-0.4, -0.2) is 29.5 Å². The molecule has 0 saturated heterocycles. The minimum atomic E-state index is 0.187. The third-order valence-electron chi connectivity index (χ3n) is 5.75. The van der Waals surface area contributed by atoms with Crippen molar-refractivity contribution in [3.05, 3.63) is 65.7 Å². The van der Waals surface area contributed by atoms with E-state index in [1.807, 2.05) is 0 Å². The summed E-state index contributed by atoms with van der Waals surface area (Å²) >= 11 is 0. The lowest BCUT2D eigenvalue weighted by Gasteiger charge is -2.44. The lowest BCUT2D eigenvalue weighted by atomic mass is 9.75. The van der Waals surface area contributed by atoms with Crippen molar-refractivity contribution in [3.8, 4) is 5.75 Å². The lowest BCUT2D eigenvalue weighted by molar-refractivity contribution is 0.140. The van der Waals surface area contributed by atoms with Crippen LogP contribution in [0, 0.1) is 0 Å². The van der Waals surface area contributed by atoms with Gasteiger partial charge in [0.2, 0.25) is 0 Å². The third-order valence-corrected chi connectivity index (χ3v) is 5.75. The molecule has 4 rings (SSSR count). The quantitative estimate of drug-likeness (QED) is 0.818. The molecule has 0 amide bonds. The van der Waals surface area contributed by atoms with Crippen LogP contribution in [0.15, 0.2) is 60.1 Å². The van der Waals surface area contributed by atoms with Gasteiger partial charge in [-0.15, -0.1) is 0 Å². The lowest BCUT2D eigenvalue weighted by Crippen LogP contribution is -2.45. The second kappa shape index (κ2) is 6.04. The zero-order valence-corrected chi connectivity index (χ0v) is 14.7. The molecule has 1 aromatic rings. The molecule has 1 aromatic carbocycles. The van der Waals surface area contributed by atoms with Gasteiger partial charge in [-0.05, 0) is 36.6 Å². The summed E-state index contributed by atoms with van der Waals surface area (Å²) in [7, 11) is 3.87. The minimum absolute atomic E-state index is 0.187. The average molecular weight is 322 g/mol. The number of hydrogen-bond donors (Lipinski definition) is 0. The van der Waals surface area contributed by atoms with Gasteiger partial charge in [-0.25, -0.2) is 0 Å². The van der Waals surface area contributed by atoms with E-state index in [-0.39, 0.29) is 5.54 Å². The Kier molecular flexibility index (Phi) is 3.87. The van der Waals surface area contributed by atoms with Crippen LogP contribution >= 0.6 is 0 Å². The normalized spacial score (nSPS) is 21.6. The number of benzene rings is 1. The average Bonchev–Trinajstić information content (AvgIpc) is 2.91. The number of ether oxygens (including phenoxy) is 1. The fourth-order valence-corrected chi connectivity index (χ4v) is 4.42. The van der Waals surface area contributed by atoms with Crippen LogP contribution in [0.1, 0.15) is 37.7 Å². The third kappa shape index (κ3) is 2.43. The first kappa shape index (κ1) is 15.4. The molecule has 3 heteroatoms. The molecule has 0 N–H and O–H groups in total. The van der Waals surface area contributed by atoms with Crippen LogP contribution in [0.3, 0.4) is 0 Å². The molecule has 0 bridgehead atoms. The van der Waals surface area contributed by atoms with E-state index in [2.05, 4.69) is 65.7 Å². The number of nitrogens with zero attached hydrogens (tertiary/aromatic N) is 2. The van der Waals surface area contributed by atoms with Gasteiger partial charge < -0.3 is 14.5 Å². The summed E-state index contributed by atoms with van der Waals surface area (Å²) in [5.74, 6) is 0.922. The summed E-state index contributed by atoms with van der Waals surface area (Å²) in [6.07, 6.45) is 15.6. The second-order valence-electron chi connectivity index (χ2n) is 7.12.